The molecule has 1 aliphatic rings. The number of hydrogen-bond donors (Lipinski definition) is 1. The number of nitrogens with zero attached hydrogens (tertiary/aromatic N) is 3. The van der Waals surface area contributed by atoms with E-state index in [4.69, 9.17) is 36.5 Å². The Bertz CT molecular complexity index is 1100. The molecule has 2 aromatic heterocycles. The third kappa shape index (κ3) is 3.95. The minimum Gasteiger partial charge on any atom is -0.496 e. The first-order chi connectivity index (χ1) is 14.8. The third-order valence-electron chi connectivity index (χ3n) is 5.57. The highest BCUT2D eigenvalue weighted by molar-refractivity contribution is 6.35. The SMILES string of the molecule is COc1cc(OC)c(Cl)c(-c2cc3cnc(N)cc3c(N3CC(C)OC(C)C3)n2)c1C. The van der Waals surface area contributed by atoms with Crippen LogP contribution < -0.4 is 20.1 Å². The zero-order valence-electron chi connectivity index (χ0n) is 18.4. The van der Waals surface area contributed by atoms with Gasteiger partial charge in [0.05, 0.1) is 37.1 Å². The van der Waals surface area contributed by atoms with Crippen LogP contribution in [0, 0.1) is 6.92 Å². The van der Waals surface area contributed by atoms with Gasteiger partial charge in [0.25, 0.3) is 0 Å². The van der Waals surface area contributed by atoms with E-state index >= 15 is 0 Å². The quantitative estimate of drug-likeness (QED) is 0.638. The lowest BCUT2D eigenvalue weighted by Crippen LogP contribution is -2.46. The van der Waals surface area contributed by atoms with Crippen molar-refractivity contribution in [1.82, 2.24) is 9.97 Å². The molecule has 1 aromatic carbocycles. The van der Waals surface area contributed by atoms with Crippen LogP contribution in [-0.2, 0) is 4.74 Å². The van der Waals surface area contributed by atoms with Gasteiger partial charge in [0, 0.05) is 47.3 Å². The van der Waals surface area contributed by atoms with Crippen molar-refractivity contribution < 1.29 is 14.2 Å². The Morgan fingerprint density at radius 2 is 1.77 bits per heavy atom. The summed E-state index contributed by atoms with van der Waals surface area (Å²) in [6.07, 6.45) is 1.95. The van der Waals surface area contributed by atoms with E-state index < -0.39 is 0 Å². The second-order valence-electron chi connectivity index (χ2n) is 7.92. The molecule has 8 heteroatoms. The third-order valence-corrected chi connectivity index (χ3v) is 5.95. The highest BCUT2D eigenvalue weighted by atomic mass is 35.5. The van der Waals surface area contributed by atoms with E-state index in [1.54, 1.807) is 26.5 Å². The van der Waals surface area contributed by atoms with Crippen molar-refractivity contribution in [3.05, 3.63) is 35.0 Å². The molecule has 2 atom stereocenters. The Morgan fingerprint density at radius 3 is 2.42 bits per heavy atom. The van der Waals surface area contributed by atoms with Gasteiger partial charge in [-0.2, -0.15) is 0 Å². The maximum Gasteiger partial charge on any atom is 0.141 e. The van der Waals surface area contributed by atoms with E-state index in [1.807, 2.05) is 19.1 Å². The monoisotopic (exact) mass is 442 g/mol. The van der Waals surface area contributed by atoms with E-state index in [0.29, 0.717) is 22.3 Å². The lowest BCUT2D eigenvalue weighted by Gasteiger charge is -2.36. The molecule has 0 aliphatic carbocycles. The maximum atomic E-state index is 6.75. The van der Waals surface area contributed by atoms with Crippen molar-refractivity contribution >= 4 is 34.0 Å². The number of rotatable bonds is 4. The molecular weight excluding hydrogens is 416 g/mol. The summed E-state index contributed by atoms with van der Waals surface area (Å²) in [5.74, 6) is 2.51. The molecule has 3 heterocycles. The molecule has 3 aromatic rings. The highest BCUT2D eigenvalue weighted by Gasteiger charge is 2.26. The Balaban J connectivity index is 1.98. The second-order valence-corrected chi connectivity index (χ2v) is 8.30. The molecule has 2 N–H and O–H groups in total. The van der Waals surface area contributed by atoms with Crippen LogP contribution >= 0.6 is 11.6 Å². The average molecular weight is 443 g/mol. The van der Waals surface area contributed by atoms with Crippen LogP contribution in [0.25, 0.3) is 22.0 Å². The van der Waals surface area contributed by atoms with Crippen LogP contribution in [0.2, 0.25) is 5.02 Å². The summed E-state index contributed by atoms with van der Waals surface area (Å²) >= 11 is 6.75. The summed E-state index contributed by atoms with van der Waals surface area (Å²) in [5, 5.41) is 2.37. The number of aromatic nitrogens is 2. The Morgan fingerprint density at radius 1 is 1.10 bits per heavy atom. The normalized spacial score (nSPS) is 19.0. The van der Waals surface area contributed by atoms with Crippen molar-refractivity contribution in [2.45, 2.75) is 33.0 Å². The molecule has 0 bridgehead atoms. The molecule has 1 fully saturated rings. The summed E-state index contributed by atoms with van der Waals surface area (Å²) in [4.78, 5) is 11.6. The van der Waals surface area contributed by atoms with Gasteiger partial charge in [0.15, 0.2) is 0 Å². The van der Waals surface area contributed by atoms with Crippen molar-refractivity contribution in [3.63, 3.8) is 0 Å². The van der Waals surface area contributed by atoms with Gasteiger partial charge < -0.3 is 24.8 Å². The first-order valence-electron chi connectivity index (χ1n) is 10.2. The first-order valence-corrected chi connectivity index (χ1v) is 10.6. The number of benzene rings is 1. The minimum absolute atomic E-state index is 0.0886. The molecule has 31 heavy (non-hydrogen) atoms. The van der Waals surface area contributed by atoms with Crippen LogP contribution in [0.4, 0.5) is 11.6 Å². The molecule has 0 spiro atoms. The van der Waals surface area contributed by atoms with Crippen LogP contribution in [0.15, 0.2) is 24.4 Å². The zero-order valence-corrected chi connectivity index (χ0v) is 19.2. The van der Waals surface area contributed by atoms with Crippen LogP contribution in [0.3, 0.4) is 0 Å². The summed E-state index contributed by atoms with van der Waals surface area (Å²) in [6.45, 7) is 7.56. The predicted molar refractivity (Wildman–Crippen MR) is 124 cm³/mol. The Hall–Kier alpha value is -2.77. The van der Waals surface area contributed by atoms with Gasteiger partial charge >= 0.3 is 0 Å². The molecule has 2 unspecified atom stereocenters. The summed E-state index contributed by atoms with van der Waals surface area (Å²) in [6, 6.07) is 5.63. The first kappa shape index (κ1) is 21.5. The lowest BCUT2D eigenvalue weighted by molar-refractivity contribution is -0.00536. The molecule has 7 nitrogen and oxygen atoms in total. The van der Waals surface area contributed by atoms with Crippen LogP contribution in [0.1, 0.15) is 19.4 Å². The van der Waals surface area contributed by atoms with Gasteiger partial charge in [-0.1, -0.05) is 11.6 Å². The van der Waals surface area contributed by atoms with Crippen LogP contribution in [0.5, 0.6) is 11.5 Å². The van der Waals surface area contributed by atoms with Crippen molar-refractivity contribution in [2.24, 2.45) is 0 Å². The number of nitrogens with two attached hydrogens (primary N) is 1. The summed E-state index contributed by atoms with van der Waals surface area (Å²) < 4.78 is 17.0. The van der Waals surface area contributed by atoms with Gasteiger partial charge in [-0.05, 0) is 32.9 Å². The fraction of sp³-hybridized carbons (Fsp3) is 0.391. The number of methoxy groups -OCH3 is 2. The van der Waals surface area contributed by atoms with Gasteiger partial charge in [0.1, 0.15) is 23.1 Å². The smallest absolute Gasteiger partial charge is 0.141 e. The average Bonchev–Trinajstić information content (AvgIpc) is 2.73. The maximum absolute atomic E-state index is 6.75. The van der Waals surface area contributed by atoms with Gasteiger partial charge in [0.2, 0.25) is 0 Å². The van der Waals surface area contributed by atoms with Gasteiger partial charge in [-0.15, -0.1) is 0 Å². The van der Waals surface area contributed by atoms with Gasteiger partial charge in [-0.3, -0.25) is 0 Å². The fourth-order valence-corrected chi connectivity index (χ4v) is 4.60. The molecule has 0 radical (unpaired) electrons. The van der Waals surface area contributed by atoms with Crippen molar-refractivity contribution in [2.75, 3.05) is 37.9 Å². The predicted octanol–water partition coefficient (Wildman–Crippen LogP) is 4.47. The lowest BCUT2D eigenvalue weighted by atomic mass is 10.0. The van der Waals surface area contributed by atoms with E-state index in [1.165, 1.54) is 0 Å². The number of fused-ring (bicyclic) bond motifs is 1. The molecule has 0 amide bonds. The summed E-state index contributed by atoms with van der Waals surface area (Å²) in [7, 11) is 3.21. The van der Waals surface area contributed by atoms with Crippen molar-refractivity contribution in [3.8, 4) is 22.8 Å². The molecule has 0 saturated carbocycles. The molecule has 164 valence electrons. The topological polar surface area (TPSA) is 82.7 Å². The zero-order chi connectivity index (χ0) is 22.3. The second kappa shape index (κ2) is 8.40. The largest absolute Gasteiger partial charge is 0.496 e. The fourth-order valence-electron chi connectivity index (χ4n) is 4.23. The van der Waals surface area contributed by atoms with Crippen molar-refractivity contribution in [1.29, 1.82) is 0 Å². The number of ether oxygens (including phenoxy) is 3. The summed E-state index contributed by atoms with van der Waals surface area (Å²) in [5.41, 5.74) is 8.39. The molecule has 1 saturated heterocycles. The van der Waals surface area contributed by atoms with E-state index in [9.17, 15) is 0 Å². The molecule has 1 aliphatic heterocycles. The number of nitrogen functional groups attached to an aromatic ring is 1. The standard InChI is InChI=1S/C23H27ClN4O3/c1-12-10-28(11-13(2)31-12)23-16-7-20(25)26-9-15(16)6-17(27-23)21-14(3)18(29-4)8-19(30-5)22(21)24/h6-9,12-13H,10-11H2,1-5H3,(H2,25,26). The Labute approximate surface area is 187 Å². The number of hydrogen-bond acceptors (Lipinski definition) is 7. The number of morpholine rings is 1. The number of halogens is 1. The molecule has 4 rings (SSSR count). The Kier molecular flexibility index (Phi) is 5.81. The van der Waals surface area contributed by atoms with E-state index in [0.717, 1.165) is 46.5 Å². The molecular formula is C23H27ClN4O3. The highest BCUT2D eigenvalue weighted by Crippen LogP contribution is 2.43. The van der Waals surface area contributed by atoms with Crippen LogP contribution in [-0.4, -0.2) is 49.5 Å². The minimum atomic E-state index is 0.0886. The number of pyridine rings is 2. The van der Waals surface area contributed by atoms with E-state index in [2.05, 4.69) is 23.7 Å². The van der Waals surface area contributed by atoms with E-state index in [-0.39, 0.29) is 12.2 Å². The van der Waals surface area contributed by atoms with Gasteiger partial charge in [-0.25, -0.2) is 9.97 Å². The number of anilines is 2.